The number of hydrogen-bond acceptors (Lipinski definition) is 3. The molecule has 0 saturated carbocycles. The third-order valence-electron chi connectivity index (χ3n) is 2.55. The lowest BCUT2D eigenvalue weighted by molar-refractivity contribution is 0.112. The molecule has 0 aliphatic carbocycles. The fourth-order valence-corrected chi connectivity index (χ4v) is 1.90. The summed E-state index contributed by atoms with van der Waals surface area (Å²) in [5.41, 5.74) is 1.63. The van der Waals surface area contributed by atoms with Gasteiger partial charge in [-0.05, 0) is 19.1 Å². The fourth-order valence-electron chi connectivity index (χ4n) is 1.52. The first-order valence-electron chi connectivity index (χ1n) is 5.43. The van der Waals surface area contributed by atoms with Crippen molar-refractivity contribution in [2.75, 3.05) is 7.11 Å². The second kappa shape index (κ2) is 5.65. The number of halogens is 2. The molecular formula is C13H12Cl2N2O. The van der Waals surface area contributed by atoms with Crippen LogP contribution < -0.4 is 0 Å². The zero-order chi connectivity index (χ0) is 13.1. The summed E-state index contributed by atoms with van der Waals surface area (Å²) in [5, 5.41) is 1.04. The van der Waals surface area contributed by atoms with Crippen molar-refractivity contribution in [3.05, 3.63) is 46.3 Å². The lowest BCUT2D eigenvalue weighted by Crippen LogP contribution is -2.04. The Kier molecular flexibility index (Phi) is 4.17. The maximum absolute atomic E-state index is 6.00. The van der Waals surface area contributed by atoms with E-state index in [2.05, 4.69) is 9.97 Å². The van der Waals surface area contributed by atoms with Gasteiger partial charge in [-0.25, -0.2) is 9.97 Å². The van der Waals surface area contributed by atoms with E-state index >= 15 is 0 Å². The van der Waals surface area contributed by atoms with E-state index in [0.717, 1.165) is 11.3 Å². The number of hydrogen-bond donors (Lipinski definition) is 0. The van der Waals surface area contributed by atoms with Gasteiger partial charge in [0, 0.05) is 23.8 Å². The summed E-state index contributed by atoms with van der Waals surface area (Å²) in [6.45, 7) is 1.87. The molecule has 0 aliphatic heterocycles. The first kappa shape index (κ1) is 13.3. The highest BCUT2D eigenvalue weighted by atomic mass is 35.5. The topological polar surface area (TPSA) is 35.0 Å². The summed E-state index contributed by atoms with van der Waals surface area (Å²) in [5.74, 6) is 0.556. The molecule has 1 aromatic heterocycles. The van der Waals surface area contributed by atoms with Crippen LogP contribution in [0.1, 0.15) is 18.9 Å². The minimum atomic E-state index is -0.207. The highest BCUT2D eigenvalue weighted by Crippen LogP contribution is 2.24. The van der Waals surface area contributed by atoms with Crippen molar-refractivity contribution in [3.63, 3.8) is 0 Å². The van der Waals surface area contributed by atoms with E-state index in [1.165, 1.54) is 0 Å². The normalized spacial score (nSPS) is 12.4. The molecule has 0 amide bonds. The number of rotatable bonds is 3. The number of aromatic nitrogens is 2. The van der Waals surface area contributed by atoms with Crippen LogP contribution in [0.15, 0.2) is 30.3 Å². The van der Waals surface area contributed by atoms with Gasteiger partial charge in [-0.3, -0.25) is 0 Å². The van der Waals surface area contributed by atoms with Gasteiger partial charge in [-0.1, -0.05) is 35.3 Å². The van der Waals surface area contributed by atoms with Gasteiger partial charge >= 0.3 is 0 Å². The molecule has 94 valence electrons. The van der Waals surface area contributed by atoms with Crippen molar-refractivity contribution in [3.8, 4) is 11.3 Å². The Morgan fingerprint density at radius 3 is 2.61 bits per heavy atom. The first-order chi connectivity index (χ1) is 8.60. The maximum atomic E-state index is 6.00. The summed E-state index contributed by atoms with van der Waals surface area (Å²) in [6.07, 6.45) is -0.207. The van der Waals surface area contributed by atoms with Crippen LogP contribution in [0.5, 0.6) is 0 Å². The zero-order valence-electron chi connectivity index (χ0n) is 10.0. The molecule has 0 spiro atoms. The van der Waals surface area contributed by atoms with Crippen LogP contribution in [-0.4, -0.2) is 17.1 Å². The lowest BCUT2D eigenvalue weighted by Gasteiger charge is -2.10. The van der Waals surface area contributed by atoms with E-state index in [9.17, 15) is 0 Å². The first-order valence-corrected chi connectivity index (χ1v) is 6.19. The van der Waals surface area contributed by atoms with Crippen LogP contribution in [0.4, 0.5) is 0 Å². The SMILES string of the molecule is CO[C@H](C)c1nc(Cl)cc(-c2cccc(Cl)c2)n1. The number of methoxy groups -OCH3 is 1. The van der Waals surface area contributed by atoms with Crippen molar-refractivity contribution in [2.45, 2.75) is 13.0 Å². The monoisotopic (exact) mass is 282 g/mol. The van der Waals surface area contributed by atoms with Gasteiger partial charge < -0.3 is 4.74 Å². The highest BCUT2D eigenvalue weighted by molar-refractivity contribution is 6.31. The summed E-state index contributed by atoms with van der Waals surface area (Å²) < 4.78 is 5.20. The lowest BCUT2D eigenvalue weighted by atomic mass is 10.1. The van der Waals surface area contributed by atoms with Gasteiger partial charge in [0.05, 0.1) is 5.69 Å². The average molecular weight is 283 g/mol. The predicted octanol–water partition coefficient (Wildman–Crippen LogP) is 4.16. The minimum Gasteiger partial charge on any atom is -0.374 e. The molecule has 1 atom stereocenters. The van der Waals surface area contributed by atoms with E-state index in [1.54, 1.807) is 13.2 Å². The summed E-state index contributed by atoms with van der Waals surface area (Å²) in [6, 6.07) is 9.14. The zero-order valence-corrected chi connectivity index (χ0v) is 11.5. The van der Waals surface area contributed by atoms with Gasteiger partial charge in [-0.15, -0.1) is 0 Å². The Morgan fingerprint density at radius 1 is 1.17 bits per heavy atom. The van der Waals surface area contributed by atoms with Crippen molar-refractivity contribution in [1.82, 2.24) is 9.97 Å². The molecule has 0 aliphatic rings. The van der Waals surface area contributed by atoms with E-state index in [-0.39, 0.29) is 6.10 Å². The van der Waals surface area contributed by atoms with Crippen LogP contribution in [-0.2, 0) is 4.74 Å². The van der Waals surface area contributed by atoms with Crippen LogP contribution >= 0.6 is 23.2 Å². The fraction of sp³-hybridized carbons (Fsp3) is 0.231. The molecule has 3 nitrogen and oxygen atoms in total. The second-order valence-electron chi connectivity index (χ2n) is 3.82. The van der Waals surface area contributed by atoms with Crippen LogP contribution in [0.3, 0.4) is 0 Å². The smallest absolute Gasteiger partial charge is 0.159 e. The Hall–Kier alpha value is -1.16. The Balaban J connectivity index is 2.48. The van der Waals surface area contributed by atoms with Crippen LogP contribution in [0, 0.1) is 0 Å². The summed E-state index contributed by atoms with van der Waals surface area (Å²) in [7, 11) is 1.61. The van der Waals surface area contributed by atoms with Crippen LogP contribution in [0.25, 0.3) is 11.3 Å². The molecule has 18 heavy (non-hydrogen) atoms. The van der Waals surface area contributed by atoms with Gasteiger partial charge in [0.15, 0.2) is 5.82 Å². The quantitative estimate of drug-likeness (QED) is 0.793. The van der Waals surface area contributed by atoms with Gasteiger partial charge in [-0.2, -0.15) is 0 Å². The molecule has 0 saturated heterocycles. The largest absolute Gasteiger partial charge is 0.374 e. The predicted molar refractivity (Wildman–Crippen MR) is 72.9 cm³/mol. The van der Waals surface area contributed by atoms with E-state index in [4.69, 9.17) is 27.9 Å². The van der Waals surface area contributed by atoms with Crippen LogP contribution in [0.2, 0.25) is 10.2 Å². The number of benzene rings is 1. The second-order valence-corrected chi connectivity index (χ2v) is 4.65. The number of ether oxygens (including phenoxy) is 1. The van der Waals surface area contributed by atoms with Gasteiger partial charge in [0.1, 0.15) is 11.3 Å². The molecule has 2 rings (SSSR count). The molecule has 0 radical (unpaired) electrons. The standard InChI is InChI=1S/C13H12Cl2N2O/c1-8(18-2)13-16-11(7-12(15)17-13)9-4-3-5-10(14)6-9/h3-8H,1-2H3/t8-/m1/s1. The molecule has 0 unspecified atom stereocenters. The van der Waals surface area contributed by atoms with Gasteiger partial charge in [0.25, 0.3) is 0 Å². The molecule has 1 heterocycles. The molecule has 5 heteroatoms. The van der Waals surface area contributed by atoms with E-state index in [0.29, 0.717) is 16.0 Å². The molecule has 0 N–H and O–H groups in total. The summed E-state index contributed by atoms with van der Waals surface area (Å²) in [4.78, 5) is 8.59. The van der Waals surface area contributed by atoms with Crippen molar-refractivity contribution >= 4 is 23.2 Å². The average Bonchev–Trinajstić information content (AvgIpc) is 2.37. The third kappa shape index (κ3) is 2.99. The molecule has 2 aromatic rings. The third-order valence-corrected chi connectivity index (χ3v) is 2.98. The van der Waals surface area contributed by atoms with Gasteiger partial charge in [0.2, 0.25) is 0 Å². The Labute approximate surface area is 116 Å². The molecule has 0 bridgehead atoms. The maximum Gasteiger partial charge on any atom is 0.159 e. The highest BCUT2D eigenvalue weighted by Gasteiger charge is 2.11. The van der Waals surface area contributed by atoms with E-state index in [1.807, 2.05) is 31.2 Å². The van der Waals surface area contributed by atoms with Crippen molar-refractivity contribution in [1.29, 1.82) is 0 Å². The molecule has 0 fully saturated rings. The number of nitrogens with zero attached hydrogens (tertiary/aromatic N) is 2. The van der Waals surface area contributed by atoms with Crippen molar-refractivity contribution < 1.29 is 4.74 Å². The van der Waals surface area contributed by atoms with Crippen molar-refractivity contribution in [2.24, 2.45) is 0 Å². The van der Waals surface area contributed by atoms with E-state index < -0.39 is 0 Å². The molecular weight excluding hydrogens is 271 g/mol. The Bertz CT molecular complexity index is 560. The summed E-state index contributed by atoms with van der Waals surface area (Å²) >= 11 is 12.0. The minimum absolute atomic E-state index is 0.207. The molecule has 1 aromatic carbocycles. The Morgan fingerprint density at radius 2 is 1.94 bits per heavy atom.